The van der Waals surface area contributed by atoms with Gasteiger partial charge in [-0.3, -0.25) is 0 Å². The van der Waals surface area contributed by atoms with Crippen LogP contribution in [0.15, 0.2) is 24.5 Å². The van der Waals surface area contributed by atoms with Gasteiger partial charge in [0.25, 0.3) is 0 Å². The van der Waals surface area contributed by atoms with Crippen LogP contribution in [-0.4, -0.2) is 36.4 Å². The first-order valence-electron chi connectivity index (χ1n) is 5.38. The van der Waals surface area contributed by atoms with E-state index < -0.39 is 0 Å². The molecule has 0 saturated carbocycles. The van der Waals surface area contributed by atoms with Crippen molar-refractivity contribution < 1.29 is 9.47 Å². The molecule has 0 atom stereocenters. The summed E-state index contributed by atoms with van der Waals surface area (Å²) in [6.07, 6.45) is 1.39. The van der Waals surface area contributed by atoms with Gasteiger partial charge >= 0.3 is 0 Å². The van der Waals surface area contributed by atoms with Crippen LogP contribution in [0.1, 0.15) is 0 Å². The Morgan fingerprint density at radius 2 is 2.00 bits per heavy atom. The molecule has 1 aromatic heterocycles. The van der Waals surface area contributed by atoms with E-state index in [1.807, 2.05) is 12.1 Å². The summed E-state index contributed by atoms with van der Waals surface area (Å²) in [5.41, 5.74) is 1.45. The van der Waals surface area contributed by atoms with E-state index in [0.29, 0.717) is 17.3 Å². The number of hydrogen-bond acceptors (Lipinski definition) is 6. The maximum atomic E-state index is 5.34. The van der Waals surface area contributed by atoms with Gasteiger partial charge in [0.05, 0.1) is 14.2 Å². The minimum Gasteiger partial charge on any atom is -0.497 e. The SMILES string of the molecule is CNc1ncnnc1-c1ccc(OC)cc1OC. The molecular formula is C12H14N4O2. The highest BCUT2D eigenvalue weighted by molar-refractivity contribution is 5.76. The predicted molar refractivity (Wildman–Crippen MR) is 67.9 cm³/mol. The number of ether oxygens (including phenoxy) is 2. The van der Waals surface area contributed by atoms with Gasteiger partial charge in [-0.2, -0.15) is 0 Å². The molecule has 18 heavy (non-hydrogen) atoms. The molecular weight excluding hydrogens is 232 g/mol. The predicted octanol–water partition coefficient (Wildman–Crippen LogP) is 1.60. The lowest BCUT2D eigenvalue weighted by Crippen LogP contribution is -2.01. The van der Waals surface area contributed by atoms with Crippen molar-refractivity contribution in [1.82, 2.24) is 15.2 Å². The maximum absolute atomic E-state index is 5.34. The van der Waals surface area contributed by atoms with Gasteiger partial charge in [0.2, 0.25) is 0 Å². The van der Waals surface area contributed by atoms with E-state index in [-0.39, 0.29) is 0 Å². The van der Waals surface area contributed by atoms with Crippen LogP contribution in [0.25, 0.3) is 11.3 Å². The molecule has 1 N–H and O–H groups in total. The molecule has 6 nitrogen and oxygen atoms in total. The minimum absolute atomic E-state index is 0.638. The standard InChI is InChI=1S/C12H14N4O2/c1-13-12-11(16-15-7-14-12)9-5-4-8(17-2)6-10(9)18-3/h4-7H,1-3H3,(H,13,14,15). The van der Waals surface area contributed by atoms with Gasteiger partial charge in [-0.25, -0.2) is 4.98 Å². The highest BCUT2D eigenvalue weighted by Crippen LogP contribution is 2.34. The first-order valence-corrected chi connectivity index (χ1v) is 5.38. The fourth-order valence-electron chi connectivity index (χ4n) is 1.63. The molecule has 1 aromatic carbocycles. The number of nitrogens with one attached hydrogen (secondary N) is 1. The Hall–Kier alpha value is -2.37. The number of aromatic nitrogens is 3. The Kier molecular flexibility index (Phi) is 3.57. The van der Waals surface area contributed by atoms with E-state index >= 15 is 0 Å². The van der Waals surface area contributed by atoms with Crippen LogP contribution in [-0.2, 0) is 0 Å². The van der Waals surface area contributed by atoms with E-state index in [1.165, 1.54) is 6.33 Å². The van der Waals surface area contributed by atoms with Crippen molar-refractivity contribution in [3.8, 4) is 22.8 Å². The first kappa shape index (κ1) is 12.1. The summed E-state index contributed by atoms with van der Waals surface area (Å²) in [7, 11) is 4.99. The summed E-state index contributed by atoms with van der Waals surface area (Å²) in [5.74, 6) is 2.03. The molecule has 0 aliphatic heterocycles. The van der Waals surface area contributed by atoms with E-state index in [2.05, 4.69) is 20.5 Å². The average Bonchev–Trinajstić information content (AvgIpc) is 2.46. The van der Waals surface area contributed by atoms with Crippen molar-refractivity contribution in [3.63, 3.8) is 0 Å². The minimum atomic E-state index is 0.638. The van der Waals surface area contributed by atoms with E-state index in [0.717, 1.165) is 11.3 Å². The monoisotopic (exact) mass is 246 g/mol. The number of hydrogen-bond donors (Lipinski definition) is 1. The van der Waals surface area contributed by atoms with Crippen LogP contribution >= 0.6 is 0 Å². The molecule has 0 spiro atoms. The highest BCUT2D eigenvalue weighted by atomic mass is 16.5. The molecule has 0 fully saturated rings. The van der Waals surface area contributed by atoms with E-state index in [4.69, 9.17) is 9.47 Å². The number of methoxy groups -OCH3 is 2. The summed E-state index contributed by atoms with van der Waals surface area (Å²) in [6, 6.07) is 5.50. The molecule has 0 radical (unpaired) electrons. The Bertz CT molecular complexity index is 545. The smallest absolute Gasteiger partial charge is 0.156 e. The van der Waals surface area contributed by atoms with Crippen LogP contribution in [0.2, 0.25) is 0 Å². The Balaban J connectivity index is 2.56. The average molecular weight is 246 g/mol. The molecule has 0 aliphatic rings. The van der Waals surface area contributed by atoms with Crippen molar-refractivity contribution in [2.75, 3.05) is 26.6 Å². The van der Waals surface area contributed by atoms with Crippen LogP contribution < -0.4 is 14.8 Å². The summed E-state index contributed by atoms with van der Waals surface area (Å²) in [5, 5.41) is 10.9. The fraction of sp³-hybridized carbons (Fsp3) is 0.250. The van der Waals surface area contributed by atoms with Gasteiger partial charge in [-0.1, -0.05) is 0 Å². The second-order valence-electron chi connectivity index (χ2n) is 3.47. The molecule has 0 bridgehead atoms. The van der Waals surface area contributed by atoms with Crippen molar-refractivity contribution in [3.05, 3.63) is 24.5 Å². The molecule has 1 heterocycles. The second kappa shape index (κ2) is 5.31. The molecule has 2 aromatic rings. The molecule has 6 heteroatoms. The third-order valence-electron chi connectivity index (χ3n) is 2.52. The van der Waals surface area contributed by atoms with Crippen molar-refractivity contribution in [2.24, 2.45) is 0 Å². The van der Waals surface area contributed by atoms with Gasteiger partial charge in [0.1, 0.15) is 23.5 Å². The summed E-state index contributed by atoms with van der Waals surface area (Å²) >= 11 is 0. The van der Waals surface area contributed by atoms with Crippen LogP contribution in [0.4, 0.5) is 5.82 Å². The fourth-order valence-corrected chi connectivity index (χ4v) is 1.63. The number of nitrogens with zero attached hydrogens (tertiary/aromatic N) is 3. The zero-order chi connectivity index (χ0) is 13.0. The van der Waals surface area contributed by atoms with Crippen molar-refractivity contribution in [1.29, 1.82) is 0 Å². The van der Waals surface area contributed by atoms with Crippen LogP contribution in [0.5, 0.6) is 11.5 Å². The lowest BCUT2D eigenvalue weighted by Gasteiger charge is -2.11. The van der Waals surface area contributed by atoms with Crippen LogP contribution in [0, 0.1) is 0 Å². The van der Waals surface area contributed by atoms with E-state index in [9.17, 15) is 0 Å². The summed E-state index contributed by atoms with van der Waals surface area (Å²) < 4.78 is 10.5. The zero-order valence-electron chi connectivity index (χ0n) is 10.5. The third kappa shape index (κ3) is 2.17. The van der Waals surface area contributed by atoms with Gasteiger partial charge in [0.15, 0.2) is 5.82 Å². The molecule has 0 saturated heterocycles. The Labute approximate surface area is 105 Å². The van der Waals surface area contributed by atoms with Gasteiger partial charge in [-0.05, 0) is 12.1 Å². The van der Waals surface area contributed by atoms with Crippen molar-refractivity contribution >= 4 is 5.82 Å². The number of rotatable bonds is 4. The molecule has 2 rings (SSSR count). The highest BCUT2D eigenvalue weighted by Gasteiger charge is 2.13. The largest absolute Gasteiger partial charge is 0.497 e. The molecule has 94 valence electrons. The topological polar surface area (TPSA) is 69.2 Å². The second-order valence-corrected chi connectivity index (χ2v) is 3.47. The molecule has 0 amide bonds. The maximum Gasteiger partial charge on any atom is 0.156 e. The summed E-state index contributed by atoms with van der Waals surface area (Å²) in [4.78, 5) is 4.12. The Morgan fingerprint density at radius 1 is 1.17 bits per heavy atom. The lowest BCUT2D eigenvalue weighted by atomic mass is 10.1. The lowest BCUT2D eigenvalue weighted by molar-refractivity contribution is 0.395. The van der Waals surface area contributed by atoms with Gasteiger partial charge in [-0.15, -0.1) is 10.2 Å². The summed E-state index contributed by atoms with van der Waals surface area (Å²) in [6.45, 7) is 0. The molecule has 0 aliphatic carbocycles. The first-order chi connectivity index (χ1) is 8.80. The Morgan fingerprint density at radius 3 is 2.67 bits per heavy atom. The van der Waals surface area contributed by atoms with Gasteiger partial charge < -0.3 is 14.8 Å². The van der Waals surface area contributed by atoms with Gasteiger partial charge in [0, 0.05) is 18.7 Å². The van der Waals surface area contributed by atoms with E-state index in [1.54, 1.807) is 27.3 Å². The number of benzene rings is 1. The number of anilines is 1. The zero-order valence-corrected chi connectivity index (χ0v) is 10.5. The van der Waals surface area contributed by atoms with Crippen molar-refractivity contribution in [2.45, 2.75) is 0 Å². The normalized spacial score (nSPS) is 9.94. The quantitative estimate of drug-likeness (QED) is 0.883. The van der Waals surface area contributed by atoms with Crippen LogP contribution in [0.3, 0.4) is 0 Å². The molecule has 0 unspecified atom stereocenters. The third-order valence-corrected chi connectivity index (χ3v) is 2.52.